The fourth-order valence-corrected chi connectivity index (χ4v) is 3.16. The molecule has 2 aromatic rings. The van der Waals surface area contributed by atoms with Crippen molar-refractivity contribution in [2.24, 2.45) is 0 Å². The first kappa shape index (κ1) is 13.7. The van der Waals surface area contributed by atoms with Gasteiger partial charge < -0.3 is 0 Å². The van der Waals surface area contributed by atoms with Crippen molar-refractivity contribution in [3.8, 4) is 6.07 Å². The van der Waals surface area contributed by atoms with Gasteiger partial charge in [-0.1, -0.05) is 29.8 Å². The molecule has 2 nitrogen and oxygen atoms in total. The average Bonchev–Trinajstić information content (AvgIpc) is 2.41. The summed E-state index contributed by atoms with van der Waals surface area (Å²) in [5.74, 6) is -0.499. The molecule has 0 aliphatic heterocycles. The van der Waals surface area contributed by atoms with Crippen LogP contribution in [-0.2, 0) is 16.6 Å². The van der Waals surface area contributed by atoms with Crippen LogP contribution in [0.15, 0.2) is 47.4 Å². The largest absolute Gasteiger partial charge is 0.254 e. The van der Waals surface area contributed by atoms with Gasteiger partial charge in [-0.2, -0.15) is 5.26 Å². The molecule has 0 radical (unpaired) electrons. The summed E-state index contributed by atoms with van der Waals surface area (Å²) >= 11 is 5.94. The van der Waals surface area contributed by atoms with Gasteiger partial charge >= 0.3 is 0 Å². The second-order valence-electron chi connectivity index (χ2n) is 3.84. The van der Waals surface area contributed by atoms with Crippen LogP contribution in [-0.4, -0.2) is 4.21 Å². The first-order chi connectivity index (χ1) is 9.11. The lowest BCUT2D eigenvalue weighted by molar-refractivity contribution is 0.614. The molecule has 0 bridgehead atoms. The van der Waals surface area contributed by atoms with E-state index in [4.69, 9.17) is 16.9 Å². The number of hydrogen-bond donors (Lipinski definition) is 0. The van der Waals surface area contributed by atoms with E-state index in [1.807, 2.05) is 6.07 Å². The summed E-state index contributed by atoms with van der Waals surface area (Å²) in [6.07, 6.45) is 0. The number of halogens is 2. The van der Waals surface area contributed by atoms with Crippen LogP contribution >= 0.6 is 11.6 Å². The highest BCUT2D eigenvalue weighted by molar-refractivity contribution is 7.84. The normalized spacial score (nSPS) is 11.8. The molecule has 0 aromatic heterocycles. The maximum absolute atomic E-state index is 13.7. The molecular formula is C14H9ClFNOS. The molecule has 0 saturated carbocycles. The maximum atomic E-state index is 13.7. The van der Waals surface area contributed by atoms with Crippen LogP contribution in [0.3, 0.4) is 0 Å². The molecule has 0 heterocycles. The summed E-state index contributed by atoms with van der Waals surface area (Å²) in [5.41, 5.74) is 0.544. The third kappa shape index (κ3) is 3.19. The van der Waals surface area contributed by atoms with Gasteiger partial charge in [-0.05, 0) is 24.3 Å². The van der Waals surface area contributed by atoms with E-state index < -0.39 is 16.6 Å². The van der Waals surface area contributed by atoms with Gasteiger partial charge in [-0.3, -0.25) is 4.21 Å². The molecule has 0 spiro atoms. The minimum Gasteiger partial charge on any atom is -0.254 e. The molecule has 0 amide bonds. The highest BCUT2D eigenvalue weighted by atomic mass is 35.5. The Morgan fingerprint density at radius 3 is 2.63 bits per heavy atom. The van der Waals surface area contributed by atoms with Gasteiger partial charge in [0.2, 0.25) is 0 Å². The third-order valence-electron chi connectivity index (χ3n) is 2.55. The summed E-state index contributed by atoms with van der Waals surface area (Å²) in [6.45, 7) is 0. The van der Waals surface area contributed by atoms with E-state index in [1.54, 1.807) is 24.3 Å². The molecule has 0 N–H and O–H groups in total. The van der Waals surface area contributed by atoms with Crippen LogP contribution in [0.1, 0.15) is 11.1 Å². The van der Waals surface area contributed by atoms with Gasteiger partial charge in [0.25, 0.3) is 0 Å². The molecule has 1 atom stereocenters. The molecule has 0 aliphatic carbocycles. The number of rotatable bonds is 3. The van der Waals surface area contributed by atoms with Crippen LogP contribution in [0.5, 0.6) is 0 Å². The zero-order valence-electron chi connectivity index (χ0n) is 9.77. The van der Waals surface area contributed by atoms with Crippen molar-refractivity contribution in [2.45, 2.75) is 10.6 Å². The Kier molecular flexibility index (Phi) is 4.31. The fraction of sp³-hybridized carbons (Fsp3) is 0.0714. The number of benzene rings is 2. The van der Waals surface area contributed by atoms with E-state index in [0.717, 1.165) is 6.07 Å². The van der Waals surface area contributed by atoms with Gasteiger partial charge in [0.1, 0.15) is 5.82 Å². The summed E-state index contributed by atoms with van der Waals surface area (Å²) in [7, 11) is -1.42. The summed E-state index contributed by atoms with van der Waals surface area (Å²) < 4.78 is 25.8. The van der Waals surface area contributed by atoms with E-state index in [1.165, 1.54) is 12.1 Å². The predicted octanol–water partition coefficient (Wildman–Crippen LogP) is 3.66. The predicted molar refractivity (Wildman–Crippen MR) is 72.7 cm³/mol. The van der Waals surface area contributed by atoms with Crippen LogP contribution in [0.4, 0.5) is 4.39 Å². The van der Waals surface area contributed by atoms with Crippen molar-refractivity contribution in [1.29, 1.82) is 5.26 Å². The van der Waals surface area contributed by atoms with Crippen LogP contribution < -0.4 is 0 Å². The molecule has 0 fully saturated rings. The molecule has 19 heavy (non-hydrogen) atoms. The van der Waals surface area contributed by atoms with Crippen molar-refractivity contribution in [2.75, 3.05) is 0 Å². The Hall–Kier alpha value is -1.70. The van der Waals surface area contributed by atoms with Crippen molar-refractivity contribution < 1.29 is 8.60 Å². The number of nitrogens with zero attached hydrogens (tertiary/aromatic N) is 1. The van der Waals surface area contributed by atoms with Crippen molar-refractivity contribution in [3.63, 3.8) is 0 Å². The minimum absolute atomic E-state index is 0.0290. The summed E-state index contributed by atoms with van der Waals surface area (Å²) in [5, 5.41) is 9.05. The van der Waals surface area contributed by atoms with Gasteiger partial charge in [-0.15, -0.1) is 0 Å². The van der Waals surface area contributed by atoms with E-state index in [9.17, 15) is 8.60 Å². The van der Waals surface area contributed by atoms with Gasteiger partial charge in [0, 0.05) is 5.56 Å². The Bertz CT molecular complexity index is 681. The van der Waals surface area contributed by atoms with Gasteiger partial charge in [0.15, 0.2) is 0 Å². The maximum Gasteiger partial charge on any atom is 0.128 e. The smallest absolute Gasteiger partial charge is 0.128 e. The van der Waals surface area contributed by atoms with Gasteiger partial charge in [0.05, 0.1) is 38.1 Å². The monoisotopic (exact) mass is 293 g/mol. The zero-order valence-corrected chi connectivity index (χ0v) is 11.3. The van der Waals surface area contributed by atoms with E-state index in [-0.39, 0.29) is 11.3 Å². The Balaban J connectivity index is 2.25. The molecule has 2 rings (SSSR count). The summed E-state index contributed by atoms with van der Waals surface area (Å²) in [4.78, 5) is 0.480. The van der Waals surface area contributed by atoms with Crippen molar-refractivity contribution >= 4 is 22.4 Å². The first-order valence-electron chi connectivity index (χ1n) is 5.43. The third-order valence-corrected chi connectivity index (χ3v) is 4.41. The molecule has 5 heteroatoms. The van der Waals surface area contributed by atoms with E-state index in [2.05, 4.69) is 0 Å². The molecule has 96 valence electrons. The lowest BCUT2D eigenvalue weighted by Gasteiger charge is -2.06. The minimum atomic E-state index is -1.42. The zero-order chi connectivity index (χ0) is 13.8. The second kappa shape index (κ2) is 5.96. The average molecular weight is 294 g/mol. The van der Waals surface area contributed by atoms with E-state index in [0.29, 0.717) is 15.5 Å². The number of hydrogen-bond acceptors (Lipinski definition) is 2. The Morgan fingerprint density at radius 2 is 2.00 bits per heavy atom. The second-order valence-corrected chi connectivity index (χ2v) is 5.67. The Labute approximate surface area is 117 Å². The fourth-order valence-electron chi connectivity index (χ4n) is 1.58. The topological polar surface area (TPSA) is 40.9 Å². The molecule has 1 unspecified atom stereocenters. The highest BCUT2D eigenvalue weighted by Gasteiger charge is 2.12. The molecule has 0 aliphatic rings. The quantitative estimate of drug-likeness (QED) is 0.866. The Morgan fingerprint density at radius 1 is 1.26 bits per heavy atom. The highest BCUT2D eigenvalue weighted by Crippen LogP contribution is 2.22. The molecule has 0 saturated heterocycles. The molecule has 2 aromatic carbocycles. The van der Waals surface area contributed by atoms with Crippen molar-refractivity contribution in [3.05, 3.63) is 64.4 Å². The molecular weight excluding hydrogens is 285 g/mol. The SMILES string of the molecule is N#Cc1ccc(CS(=O)c2ccccc2Cl)c(F)c1. The van der Waals surface area contributed by atoms with Crippen LogP contribution in [0.2, 0.25) is 5.02 Å². The van der Waals surface area contributed by atoms with E-state index >= 15 is 0 Å². The van der Waals surface area contributed by atoms with Crippen molar-refractivity contribution in [1.82, 2.24) is 0 Å². The standard InChI is InChI=1S/C14H9ClFNOS/c15-12-3-1-2-4-14(12)19(18)9-11-6-5-10(8-17)7-13(11)16/h1-7H,9H2. The van der Waals surface area contributed by atoms with Crippen LogP contribution in [0, 0.1) is 17.1 Å². The lowest BCUT2D eigenvalue weighted by Crippen LogP contribution is -2.00. The lowest BCUT2D eigenvalue weighted by atomic mass is 10.1. The summed E-state index contributed by atoms with van der Waals surface area (Å²) in [6, 6.07) is 12.7. The first-order valence-corrected chi connectivity index (χ1v) is 7.13. The number of nitriles is 1. The van der Waals surface area contributed by atoms with Crippen LogP contribution in [0.25, 0.3) is 0 Å². The van der Waals surface area contributed by atoms with Gasteiger partial charge in [-0.25, -0.2) is 4.39 Å².